The Morgan fingerprint density at radius 2 is 2.26 bits per heavy atom. The number of amides is 1. The summed E-state index contributed by atoms with van der Waals surface area (Å²) in [6.07, 6.45) is 4.95. The molecule has 0 saturated heterocycles. The van der Waals surface area contributed by atoms with Crippen molar-refractivity contribution in [2.24, 2.45) is 5.92 Å². The summed E-state index contributed by atoms with van der Waals surface area (Å²) < 4.78 is 0. The summed E-state index contributed by atoms with van der Waals surface area (Å²) in [7, 11) is 0. The number of anilines is 1. The second kappa shape index (κ2) is 6.04. The van der Waals surface area contributed by atoms with Crippen LogP contribution in [0.15, 0.2) is 12.3 Å². The number of hydrogen-bond acceptors (Lipinski definition) is 3. The molecule has 4 nitrogen and oxygen atoms in total. The molecule has 1 aliphatic carbocycles. The molecule has 1 aliphatic rings. The molecule has 0 aliphatic heterocycles. The molecule has 19 heavy (non-hydrogen) atoms. The van der Waals surface area contributed by atoms with Crippen molar-refractivity contribution >= 4 is 11.6 Å². The summed E-state index contributed by atoms with van der Waals surface area (Å²) in [6, 6.07) is 2.30. The number of hydrogen-bond donors (Lipinski definition) is 2. The maximum Gasteiger partial charge on any atom is 0.255 e. The van der Waals surface area contributed by atoms with E-state index in [9.17, 15) is 4.79 Å². The number of carbonyl (C=O) groups excluding carboxylic acids is 1. The Kier molecular flexibility index (Phi) is 4.40. The maximum atomic E-state index is 12.3. The molecule has 4 heteroatoms. The summed E-state index contributed by atoms with van der Waals surface area (Å²) in [5.41, 5.74) is 2.47. The molecule has 104 valence electrons. The Morgan fingerprint density at radius 3 is 2.89 bits per heavy atom. The summed E-state index contributed by atoms with van der Waals surface area (Å²) in [5.74, 6) is 0.654. The van der Waals surface area contributed by atoms with Crippen molar-refractivity contribution in [3.63, 3.8) is 0 Å². The molecule has 0 bridgehead atoms. The van der Waals surface area contributed by atoms with E-state index in [1.165, 1.54) is 0 Å². The minimum atomic E-state index is -0.00736. The highest BCUT2D eigenvalue weighted by molar-refractivity contribution is 5.99. The molecular formula is C15H23N3O. The minimum Gasteiger partial charge on any atom is -0.384 e. The van der Waals surface area contributed by atoms with Crippen molar-refractivity contribution in [1.29, 1.82) is 0 Å². The van der Waals surface area contributed by atoms with Gasteiger partial charge in [0.2, 0.25) is 0 Å². The molecule has 1 heterocycles. The third-order valence-electron chi connectivity index (χ3n) is 3.61. The van der Waals surface area contributed by atoms with Gasteiger partial charge < -0.3 is 10.6 Å². The van der Waals surface area contributed by atoms with Crippen LogP contribution in [0.5, 0.6) is 0 Å². The molecule has 1 fully saturated rings. The Labute approximate surface area is 115 Å². The van der Waals surface area contributed by atoms with Crippen molar-refractivity contribution in [3.05, 3.63) is 23.5 Å². The van der Waals surface area contributed by atoms with Crippen LogP contribution in [0.3, 0.4) is 0 Å². The summed E-state index contributed by atoms with van der Waals surface area (Å²) in [5, 5.41) is 6.39. The van der Waals surface area contributed by atoms with E-state index in [1.807, 2.05) is 13.0 Å². The van der Waals surface area contributed by atoms with E-state index in [0.29, 0.717) is 17.5 Å². The molecule has 0 aromatic carbocycles. The van der Waals surface area contributed by atoms with Gasteiger partial charge in [-0.25, -0.2) is 0 Å². The average molecular weight is 261 g/mol. The van der Waals surface area contributed by atoms with Crippen molar-refractivity contribution < 1.29 is 4.79 Å². The molecule has 1 saturated carbocycles. The SMILES string of the molecule is CCCNc1cc(C)ncc1C(=O)NC1CC1CC. The third-order valence-corrected chi connectivity index (χ3v) is 3.61. The standard InChI is InChI=1S/C15H23N3O/c1-4-6-16-14-7-10(3)17-9-12(14)15(19)18-13-8-11(13)5-2/h7,9,11,13H,4-6,8H2,1-3H3,(H,16,17)(H,18,19). The lowest BCUT2D eigenvalue weighted by Gasteiger charge is -2.12. The van der Waals surface area contributed by atoms with Gasteiger partial charge in [-0.3, -0.25) is 9.78 Å². The average Bonchev–Trinajstić information content (AvgIpc) is 3.14. The highest BCUT2D eigenvalue weighted by atomic mass is 16.1. The van der Waals surface area contributed by atoms with Gasteiger partial charge in [0.05, 0.1) is 11.3 Å². The van der Waals surface area contributed by atoms with Crippen LogP contribution in [0.4, 0.5) is 5.69 Å². The van der Waals surface area contributed by atoms with Gasteiger partial charge in [-0.1, -0.05) is 20.3 Å². The Bertz CT molecular complexity index is 459. The predicted molar refractivity (Wildman–Crippen MR) is 77.4 cm³/mol. The van der Waals surface area contributed by atoms with Crippen LogP contribution in [0, 0.1) is 12.8 Å². The zero-order chi connectivity index (χ0) is 13.8. The number of aryl methyl sites for hydroxylation is 1. The molecular weight excluding hydrogens is 238 g/mol. The van der Waals surface area contributed by atoms with Crippen molar-refractivity contribution in [1.82, 2.24) is 10.3 Å². The maximum absolute atomic E-state index is 12.3. The van der Waals surface area contributed by atoms with Crippen LogP contribution in [0.2, 0.25) is 0 Å². The molecule has 1 amide bonds. The summed E-state index contributed by atoms with van der Waals surface area (Å²) in [4.78, 5) is 16.5. The normalized spacial score (nSPS) is 21.0. The van der Waals surface area contributed by atoms with Crippen LogP contribution in [0.25, 0.3) is 0 Å². The van der Waals surface area contributed by atoms with Gasteiger partial charge in [-0.2, -0.15) is 0 Å². The Hall–Kier alpha value is -1.58. The number of rotatable bonds is 6. The quantitative estimate of drug-likeness (QED) is 0.828. The zero-order valence-electron chi connectivity index (χ0n) is 12.0. The first kappa shape index (κ1) is 13.8. The van der Waals surface area contributed by atoms with Crippen LogP contribution in [-0.4, -0.2) is 23.5 Å². The molecule has 2 N–H and O–H groups in total. The van der Waals surface area contributed by atoms with Crippen molar-refractivity contribution in [2.45, 2.75) is 46.1 Å². The molecule has 0 spiro atoms. The van der Waals surface area contributed by atoms with Crippen LogP contribution >= 0.6 is 0 Å². The van der Waals surface area contributed by atoms with E-state index < -0.39 is 0 Å². The van der Waals surface area contributed by atoms with Gasteiger partial charge >= 0.3 is 0 Å². The topological polar surface area (TPSA) is 54.0 Å². The predicted octanol–water partition coefficient (Wildman–Crippen LogP) is 2.74. The first-order chi connectivity index (χ1) is 9.15. The smallest absolute Gasteiger partial charge is 0.255 e. The van der Waals surface area contributed by atoms with E-state index in [1.54, 1.807) is 6.20 Å². The minimum absolute atomic E-state index is 0.00736. The second-order valence-corrected chi connectivity index (χ2v) is 5.28. The highest BCUT2D eigenvalue weighted by Gasteiger charge is 2.36. The first-order valence-corrected chi connectivity index (χ1v) is 7.17. The number of nitrogens with one attached hydrogen (secondary N) is 2. The van der Waals surface area contributed by atoms with E-state index in [0.717, 1.165) is 37.2 Å². The lowest BCUT2D eigenvalue weighted by atomic mass is 10.2. The monoisotopic (exact) mass is 261 g/mol. The number of pyridine rings is 1. The zero-order valence-corrected chi connectivity index (χ0v) is 12.0. The fourth-order valence-electron chi connectivity index (χ4n) is 2.27. The Morgan fingerprint density at radius 1 is 1.47 bits per heavy atom. The molecule has 2 atom stereocenters. The fraction of sp³-hybridized carbons (Fsp3) is 0.600. The van der Waals surface area contributed by atoms with Gasteiger partial charge in [0.15, 0.2) is 0 Å². The molecule has 0 radical (unpaired) electrons. The molecule has 2 rings (SSSR count). The van der Waals surface area contributed by atoms with E-state index in [2.05, 4.69) is 29.5 Å². The first-order valence-electron chi connectivity index (χ1n) is 7.17. The number of carbonyl (C=O) groups is 1. The number of aromatic nitrogens is 1. The van der Waals surface area contributed by atoms with E-state index in [-0.39, 0.29) is 5.91 Å². The summed E-state index contributed by atoms with van der Waals surface area (Å²) in [6.45, 7) is 7.08. The van der Waals surface area contributed by atoms with Gasteiger partial charge in [0.25, 0.3) is 5.91 Å². The highest BCUT2D eigenvalue weighted by Crippen LogP contribution is 2.33. The van der Waals surface area contributed by atoms with Gasteiger partial charge in [-0.15, -0.1) is 0 Å². The van der Waals surface area contributed by atoms with Crippen molar-refractivity contribution in [2.75, 3.05) is 11.9 Å². The van der Waals surface area contributed by atoms with Gasteiger partial charge in [0.1, 0.15) is 0 Å². The second-order valence-electron chi connectivity index (χ2n) is 5.28. The van der Waals surface area contributed by atoms with Gasteiger partial charge in [0, 0.05) is 24.5 Å². The molecule has 2 unspecified atom stereocenters. The van der Waals surface area contributed by atoms with Crippen LogP contribution < -0.4 is 10.6 Å². The molecule has 1 aromatic heterocycles. The van der Waals surface area contributed by atoms with Crippen LogP contribution in [-0.2, 0) is 0 Å². The third kappa shape index (κ3) is 3.46. The van der Waals surface area contributed by atoms with E-state index >= 15 is 0 Å². The fourth-order valence-corrected chi connectivity index (χ4v) is 2.27. The van der Waals surface area contributed by atoms with Gasteiger partial charge in [-0.05, 0) is 31.7 Å². The summed E-state index contributed by atoms with van der Waals surface area (Å²) >= 11 is 0. The molecule has 1 aromatic rings. The largest absolute Gasteiger partial charge is 0.384 e. The Balaban J connectivity index is 2.07. The van der Waals surface area contributed by atoms with Crippen molar-refractivity contribution in [3.8, 4) is 0 Å². The van der Waals surface area contributed by atoms with E-state index in [4.69, 9.17) is 0 Å². The van der Waals surface area contributed by atoms with Crippen LogP contribution in [0.1, 0.15) is 49.2 Å². The lowest BCUT2D eigenvalue weighted by molar-refractivity contribution is 0.0949. The lowest BCUT2D eigenvalue weighted by Crippen LogP contribution is -2.28. The number of nitrogens with zero attached hydrogens (tertiary/aromatic N) is 1.